The largest absolute Gasteiger partial charge is 0.481 e. The van der Waals surface area contributed by atoms with Gasteiger partial charge in [0.1, 0.15) is 5.75 Å². The van der Waals surface area contributed by atoms with Crippen LogP contribution in [0.1, 0.15) is 19.4 Å². The first-order valence-electron chi connectivity index (χ1n) is 7.98. The standard InChI is InChI=1S/C19H20N2O3/c1-13(24-17-9-7-16(8-10-17)20-14(2)22)19(23)21-12-11-15-5-3-4-6-18(15)21/h3-10,13H,11-12H2,1-2H3,(H,20,22)/t13-/m1/s1. The highest BCUT2D eigenvalue weighted by Gasteiger charge is 2.28. The summed E-state index contributed by atoms with van der Waals surface area (Å²) < 4.78 is 5.76. The van der Waals surface area contributed by atoms with Gasteiger partial charge in [-0.15, -0.1) is 0 Å². The molecule has 0 spiro atoms. The van der Waals surface area contributed by atoms with E-state index in [2.05, 4.69) is 11.4 Å². The van der Waals surface area contributed by atoms with Gasteiger partial charge in [0, 0.05) is 24.8 Å². The molecule has 2 aromatic carbocycles. The van der Waals surface area contributed by atoms with Gasteiger partial charge in [-0.3, -0.25) is 9.59 Å². The van der Waals surface area contributed by atoms with E-state index < -0.39 is 6.10 Å². The molecule has 3 rings (SSSR count). The Morgan fingerprint density at radius 3 is 2.54 bits per heavy atom. The number of fused-ring (bicyclic) bond motifs is 1. The third kappa shape index (κ3) is 3.40. The summed E-state index contributed by atoms with van der Waals surface area (Å²) in [6, 6.07) is 14.9. The number of hydrogen-bond acceptors (Lipinski definition) is 3. The number of nitrogens with zero attached hydrogens (tertiary/aromatic N) is 1. The summed E-state index contributed by atoms with van der Waals surface area (Å²) in [6.07, 6.45) is 0.294. The maximum atomic E-state index is 12.7. The number of nitrogens with one attached hydrogen (secondary N) is 1. The fourth-order valence-corrected chi connectivity index (χ4v) is 2.86. The molecule has 1 aliphatic heterocycles. The van der Waals surface area contributed by atoms with Crippen molar-refractivity contribution in [3.05, 3.63) is 54.1 Å². The zero-order chi connectivity index (χ0) is 17.1. The molecule has 0 radical (unpaired) electrons. The smallest absolute Gasteiger partial charge is 0.267 e. The van der Waals surface area contributed by atoms with Crippen LogP contribution in [-0.2, 0) is 16.0 Å². The van der Waals surface area contributed by atoms with Gasteiger partial charge in [-0.2, -0.15) is 0 Å². The molecular weight excluding hydrogens is 304 g/mol. The minimum Gasteiger partial charge on any atom is -0.481 e. The molecule has 1 atom stereocenters. The monoisotopic (exact) mass is 324 g/mol. The number of hydrogen-bond donors (Lipinski definition) is 1. The van der Waals surface area contributed by atoms with E-state index in [0.29, 0.717) is 18.0 Å². The Bertz CT molecular complexity index is 755. The second-order valence-electron chi connectivity index (χ2n) is 5.83. The predicted molar refractivity (Wildman–Crippen MR) is 93.3 cm³/mol. The van der Waals surface area contributed by atoms with E-state index >= 15 is 0 Å². The van der Waals surface area contributed by atoms with Crippen LogP contribution in [0.15, 0.2) is 48.5 Å². The molecule has 5 heteroatoms. The molecule has 0 unspecified atom stereocenters. The van der Waals surface area contributed by atoms with Gasteiger partial charge in [0.05, 0.1) is 0 Å². The SMILES string of the molecule is CC(=O)Nc1ccc(O[C@H](C)C(=O)N2CCc3ccccc32)cc1. The van der Waals surface area contributed by atoms with Gasteiger partial charge in [0.15, 0.2) is 6.10 Å². The minimum atomic E-state index is -0.581. The van der Waals surface area contributed by atoms with Gasteiger partial charge >= 0.3 is 0 Å². The maximum absolute atomic E-state index is 12.7. The summed E-state index contributed by atoms with van der Waals surface area (Å²) >= 11 is 0. The fraction of sp³-hybridized carbons (Fsp3) is 0.263. The first-order chi connectivity index (χ1) is 11.5. The Kier molecular flexibility index (Phi) is 4.51. The Morgan fingerprint density at radius 1 is 1.12 bits per heavy atom. The highest BCUT2D eigenvalue weighted by atomic mass is 16.5. The zero-order valence-corrected chi connectivity index (χ0v) is 13.8. The second kappa shape index (κ2) is 6.74. The van der Waals surface area contributed by atoms with Crippen molar-refractivity contribution >= 4 is 23.2 Å². The lowest BCUT2D eigenvalue weighted by atomic mass is 10.2. The van der Waals surface area contributed by atoms with E-state index in [1.54, 1.807) is 36.1 Å². The van der Waals surface area contributed by atoms with Crippen molar-refractivity contribution in [2.24, 2.45) is 0 Å². The van der Waals surface area contributed by atoms with Crippen molar-refractivity contribution in [1.29, 1.82) is 0 Å². The van der Waals surface area contributed by atoms with Crippen LogP contribution in [-0.4, -0.2) is 24.5 Å². The van der Waals surface area contributed by atoms with Gasteiger partial charge in [0.2, 0.25) is 5.91 Å². The summed E-state index contributed by atoms with van der Waals surface area (Å²) in [5, 5.41) is 2.69. The van der Waals surface area contributed by atoms with Crippen molar-refractivity contribution in [3.63, 3.8) is 0 Å². The lowest BCUT2D eigenvalue weighted by molar-refractivity contribution is -0.124. The van der Waals surface area contributed by atoms with Crippen LogP contribution in [0.3, 0.4) is 0 Å². The molecule has 2 aromatic rings. The van der Waals surface area contributed by atoms with Crippen molar-refractivity contribution in [1.82, 2.24) is 0 Å². The van der Waals surface area contributed by atoms with Crippen molar-refractivity contribution in [2.75, 3.05) is 16.8 Å². The van der Waals surface area contributed by atoms with E-state index in [-0.39, 0.29) is 11.8 Å². The van der Waals surface area contributed by atoms with Gasteiger partial charge in [-0.1, -0.05) is 18.2 Å². The Morgan fingerprint density at radius 2 is 1.83 bits per heavy atom. The molecular formula is C19H20N2O3. The number of amides is 2. The molecule has 5 nitrogen and oxygen atoms in total. The molecule has 1 heterocycles. The normalized spacial score (nSPS) is 14.0. The quantitative estimate of drug-likeness (QED) is 0.940. The lowest BCUT2D eigenvalue weighted by Gasteiger charge is -2.22. The van der Waals surface area contributed by atoms with Crippen LogP contribution >= 0.6 is 0 Å². The molecule has 0 aromatic heterocycles. The predicted octanol–water partition coefficient (Wildman–Crippen LogP) is 3.00. The Labute approximate surface area is 141 Å². The molecule has 1 aliphatic rings. The highest BCUT2D eigenvalue weighted by Crippen LogP contribution is 2.28. The van der Waals surface area contributed by atoms with Gasteiger partial charge in [-0.25, -0.2) is 0 Å². The van der Waals surface area contributed by atoms with Crippen LogP contribution in [0.25, 0.3) is 0 Å². The number of carbonyl (C=O) groups is 2. The average Bonchev–Trinajstić information content (AvgIpc) is 2.99. The molecule has 2 amide bonds. The van der Waals surface area contributed by atoms with E-state index in [1.807, 2.05) is 18.2 Å². The van der Waals surface area contributed by atoms with Crippen molar-refractivity contribution in [3.8, 4) is 5.75 Å². The van der Waals surface area contributed by atoms with E-state index in [0.717, 1.165) is 12.1 Å². The second-order valence-corrected chi connectivity index (χ2v) is 5.83. The molecule has 124 valence electrons. The van der Waals surface area contributed by atoms with Crippen LogP contribution in [0.5, 0.6) is 5.75 Å². The highest BCUT2D eigenvalue weighted by molar-refractivity contribution is 5.98. The van der Waals surface area contributed by atoms with E-state index in [4.69, 9.17) is 4.74 Å². The molecule has 0 saturated carbocycles. The van der Waals surface area contributed by atoms with Gasteiger partial charge < -0.3 is 15.0 Å². The molecule has 1 N–H and O–H groups in total. The number of anilines is 2. The van der Waals surface area contributed by atoms with Crippen LogP contribution in [0.2, 0.25) is 0 Å². The number of para-hydroxylation sites is 1. The summed E-state index contributed by atoms with van der Waals surface area (Å²) in [4.78, 5) is 25.5. The third-order valence-corrected chi connectivity index (χ3v) is 3.99. The summed E-state index contributed by atoms with van der Waals surface area (Å²) in [6.45, 7) is 3.90. The zero-order valence-electron chi connectivity index (χ0n) is 13.8. The van der Waals surface area contributed by atoms with Crippen molar-refractivity contribution < 1.29 is 14.3 Å². The van der Waals surface area contributed by atoms with Gasteiger partial charge in [0.25, 0.3) is 5.91 Å². The molecule has 0 bridgehead atoms. The maximum Gasteiger partial charge on any atom is 0.267 e. The first kappa shape index (κ1) is 16.1. The van der Waals surface area contributed by atoms with Crippen LogP contribution in [0, 0.1) is 0 Å². The van der Waals surface area contributed by atoms with E-state index in [9.17, 15) is 9.59 Å². The molecule has 0 saturated heterocycles. The Hall–Kier alpha value is -2.82. The number of ether oxygens (including phenoxy) is 1. The molecule has 0 aliphatic carbocycles. The topological polar surface area (TPSA) is 58.6 Å². The number of benzene rings is 2. The molecule has 0 fully saturated rings. The number of rotatable bonds is 4. The summed E-state index contributed by atoms with van der Waals surface area (Å²) in [5.74, 6) is 0.420. The van der Waals surface area contributed by atoms with Gasteiger partial charge in [-0.05, 0) is 49.2 Å². The van der Waals surface area contributed by atoms with E-state index in [1.165, 1.54) is 12.5 Å². The van der Waals surface area contributed by atoms with Crippen molar-refractivity contribution in [2.45, 2.75) is 26.4 Å². The average molecular weight is 324 g/mol. The lowest BCUT2D eigenvalue weighted by Crippen LogP contribution is -2.39. The fourth-order valence-electron chi connectivity index (χ4n) is 2.86. The summed E-state index contributed by atoms with van der Waals surface area (Å²) in [5.41, 5.74) is 2.86. The first-order valence-corrected chi connectivity index (χ1v) is 7.98. The third-order valence-electron chi connectivity index (χ3n) is 3.99. The van der Waals surface area contributed by atoms with Crippen LogP contribution < -0.4 is 15.0 Å². The molecule has 24 heavy (non-hydrogen) atoms. The number of carbonyl (C=O) groups excluding carboxylic acids is 2. The van der Waals surface area contributed by atoms with Crippen LogP contribution in [0.4, 0.5) is 11.4 Å². The Balaban J connectivity index is 1.66. The summed E-state index contributed by atoms with van der Waals surface area (Å²) in [7, 11) is 0. The minimum absolute atomic E-state index is 0.0501.